The van der Waals surface area contributed by atoms with Gasteiger partial charge in [-0.2, -0.15) is 0 Å². The molecule has 0 aromatic carbocycles. The molecule has 0 aliphatic rings. The fourth-order valence-electron chi connectivity index (χ4n) is 0.928. The Morgan fingerprint density at radius 2 is 2.36 bits per heavy atom. The molecule has 11 heavy (non-hydrogen) atoms. The molecule has 0 saturated heterocycles. The molecule has 0 amide bonds. The zero-order valence-corrected chi connectivity index (χ0v) is 7.70. The van der Waals surface area contributed by atoms with E-state index >= 15 is 0 Å². The minimum absolute atomic E-state index is 0.283. The number of Topliss-reactive ketones (excluding diaryl/α,β-unsaturated/α-hetero) is 1. The van der Waals surface area contributed by atoms with Gasteiger partial charge in [0, 0.05) is 6.42 Å². The zero-order valence-electron chi connectivity index (χ0n) is 6.89. The number of ketones is 1. The van der Waals surface area contributed by atoms with E-state index in [4.69, 9.17) is 0 Å². The van der Waals surface area contributed by atoms with Gasteiger partial charge < -0.3 is 0 Å². The fraction of sp³-hybridized carbons (Fsp3) is 0.444. The molecule has 0 aliphatic carbocycles. The maximum absolute atomic E-state index is 11.3. The van der Waals surface area contributed by atoms with Gasteiger partial charge in [-0.25, -0.2) is 0 Å². The Bertz CT molecular complexity index is 250. The first-order valence-electron chi connectivity index (χ1n) is 3.82. The highest BCUT2D eigenvalue weighted by Crippen LogP contribution is 2.15. The van der Waals surface area contributed by atoms with E-state index in [0.29, 0.717) is 6.42 Å². The van der Waals surface area contributed by atoms with E-state index in [1.165, 1.54) is 5.56 Å². The van der Waals surface area contributed by atoms with Crippen molar-refractivity contribution in [3.8, 4) is 0 Å². The van der Waals surface area contributed by atoms with E-state index in [-0.39, 0.29) is 5.78 Å². The van der Waals surface area contributed by atoms with Gasteiger partial charge >= 0.3 is 0 Å². The van der Waals surface area contributed by atoms with E-state index in [0.717, 1.165) is 11.3 Å². The molecule has 1 rings (SSSR count). The maximum atomic E-state index is 11.3. The maximum Gasteiger partial charge on any atom is 0.172 e. The molecule has 1 aromatic rings. The number of carbonyl (C=O) groups excluding carboxylic acids is 1. The van der Waals surface area contributed by atoms with Crippen molar-refractivity contribution < 1.29 is 4.79 Å². The SMILES string of the molecule is CCCC(=O)c1cc(C)cs1. The lowest BCUT2D eigenvalue weighted by Crippen LogP contribution is -1.93. The van der Waals surface area contributed by atoms with Crippen molar-refractivity contribution in [1.29, 1.82) is 0 Å². The highest BCUT2D eigenvalue weighted by molar-refractivity contribution is 7.12. The van der Waals surface area contributed by atoms with Crippen LogP contribution in [0, 0.1) is 6.92 Å². The molecule has 0 saturated carbocycles. The third-order valence-electron chi connectivity index (χ3n) is 1.48. The molecule has 60 valence electrons. The molecule has 0 aliphatic heterocycles. The Hall–Kier alpha value is -0.630. The molecule has 1 heterocycles. The number of rotatable bonds is 3. The molecule has 0 atom stereocenters. The third-order valence-corrected chi connectivity index (χ3v) is 2.57. The second-order valence-corrected chi connectivity index (χ2v) is 3.57. The normalized spacial score (nSPS) is 10.0. The monoisotopic (exact) mass is 168 g/mol. The number of hydrogen-bond acceptors (Lipinski definition) is 2. The Kier molecular flexibility index (Phi) is 2.83. The van der Waals surface area contributed by atoms with Crippen LogP contribution in [0.2, 0.25) is 0 Å². The summed E-state index contributed by atoms with van der Waals surface area (Å²) in [6.45, 7) is 4.04. The summed E-state index contributed by atoms with van der Waals surface area (Å²) in [7, 11) is 0. The molecular formula is C9H12OS. The van der Waals surface area contributed by atoms with Crippen LogP contribution < -0.4 is 0 Å². The summed E-state index contributed by atoms with van der Waals surface area (Å²) in [5.41, 5.74) is 1.19. The van der Waals surface area contributed by atoms with Crippen molar-refractivity contribution >= 4 is 17.1 Å². The van der Waals surface area contributed by atoms with E-state index < -0.39 is 0 Å². The second kappa shape index (κ2) is 3.67. The van der Waals surface area contributed by atoms with Crippen LogP contribution in [0.1, 0.15) is 35.0 Å². The summed E-state index contributed by atoms with van der Waals surface area (Å²) in [6.07, 6.45) is 1.62. The predicted molar refractivity (Wildman–Crippen MR) is 48.3 cm³/mol. The van der Waals surface area contributed by atoms with Crippen LogP contribution in [-0.2, 0) is 0 Å². The van der Waals surface area contributed by atoms with Crippen molar-refractivity contribution in [1.82, 2.24) is 0 Å². The summed E-state index contributed by atoms with van der Waals surface area (Å²) < 4.78 is 0. The molecule has 0 spiro atoms. The largest absolute Gasteiger partial charge is 0.293 e. The first-order valence-corrected chi connectivity index (χ1v) is 4.70. The highest BCUT2D eigenvalue weighted by atomic mass is 32.1. The van der Waals surface area contributed by atoms with Crippen molar-refractivity contribution in [2.75, 3.05) is 0 Å². The second-order valence-electron chi connectivity index (χ2n) is 2.66. The summed E-state index contributed by atoms with van der Waals surface area (Å²) >= 11 is 1.55. The predicted octanol–water partition coefficient (Wildman–Crippen LogP) is 3.04. The van der Waals surface area contributed by atoms with Crippen LogP contribution >= 0.6 is 11.3 Å². The van der Waals surface area contributed by atoms with Crippen molar-refractivity contribution in [2.24, 2.45) is 0 Å². The smallest absolute Gasteiger partial charge is 0.172 e. The van der Waals surface area contributed by atoms with Crippen LogP contribution in [0.15, 0.2) is 11.4 Å². The van der Waals surface area contributed by atoms with Gasteiger partial charge in [-0.15, -0.1) is 11.3 Å². The molecule has 2 heteroatoms. The lowest BCUT2D eigenvalue weighted by atomic mass is 10.2. The topological polar surface area (TPSA) is 17.1 Å². The lowest BCUT2D eigenvalue weighted by Gasteiger charge is -1.91. The van der Waals surface area contributed by atoms with Gasteiger partial charge in [-0.1, -0.05) is 6.92 Å². The number of thiophene rings is 1. The zero-order chi connectivity index (χ0) is 8.27. The molecule has 0 radical (unpaired) electrons. The Labute approximate surface area is 71.1 Å². The van der Waals surface area contributed by atoms with E-state index in [1.54, 1.807) is 11.3 Å². The number of carbonyl (C=O) groups is 1. The Morgan fingerprint density at radius 1 is 1.64 bits per heavy atom. The molecular weight excluding hydrogens is 156 g/mol. The average molecular weight is 168 g/mol. The standard InChI is InChI=1S/C9H12OS/c1-3-4-8(10)9-5-7(2)6-11-9/h5-6H,3-4H2,1-2H3. The Balaban J connectivity index is 2.69. The summed E-state index contributed by atoms with van der Waals surface area (Å²) in [4.78, 5) is 12.2. The molecule has 1 nitrogen and oxygen atoms in total. The van der Waals surface area contributed by atoms with Gasteiger partial charge in [0.1, 0.15) is 0 Å². The molecule has 0 bridgehead atoms. The summed E-state index contributed by atoms with van der Waals surface area (Å²) in [6, 6.07) is 1.96. The van der Waals surface area contributed by atoms with E-state index in [2.05, 4.69) is 0 Å². The molecule has 0 fully saturated rings. The van der Waals surface area contributed by atoms with Gasteiger partial charge in [0.2, 0.25) is 0 Å². The average Bonchev–Trinajstić information content (AvgIpc) is 2.36. The van der Waals surface area contributed by atoms with Gasteiger partial charge in [0.15, 0.2) is 5.78 Å². The van der Waals surface area contributed by atoms with Crippen LogP contribution in [0.25, 0.3) is 0 Å². The van der Waals surface area contributed by atoms with Gasteiger partial charge in [0.25, 0.3) is 0 Å². The van der Waals surface area contributed by atoms with Crippen LogP contribution in [-0.4, -0.2) is 5.78 Å². The van der Waals surface area contributed by atoms with Crippen molar-refractivity contribution in [3.05, 3.63) is 21.9 Å². The van der Waals surface area contributed by atoms with Crippen LogP contribution in [0.4, 0.5) is 0 Å². The van der Waals surface area contributed by atoms with Crippen molar-refractivity contribution in [2.45, 2.75) is 26.7 Å². The lowest BCUT2D eigenvalue weighted by molar-refractivity contribution is 0.0985. The first-order chi connectivity index (χ1) is 5.24. The summed E-state index contributed by atoms with van der Waals surface area (Å²) in [5, 5.41) is 2.02. The van der Waals surface area contributed by atoms with Gasteiger partial charge in [-0.3, -0.25) is 4.79 Å². The molecule has 0 N–H and O–H groups in total. The molecule has 1 aromatic heterocycles. The minimum Gasteiger partial charge on any atom is -0.293 e. The molecule has 0 unspecified atom stereocenters. The van der Waals surface area contributed by atoms with E-state index in [1.807, 2.05) is 25.3 Å². The fourth-order valence-corrected chi connectivity index (χ4v) is 1.80. The van der Waals surface area contributed by atoms with E-state index in [9.17, 15) is 4.79 Å². The van der Waals surface area contributed by atoms with Gasteiger partial charge in [-0.05, 0) is 30.4 Å². The third kappa shape index (κ3) is 2.15. The summed E-state index contributed by atoms with van der Waals surface area (Å²) in [5.74, 6) is 0.283. The highest BCUT2D eigenvalue weighted by Gasteiger charge is 2.05. The van der Waals surface area contributed by atoms with Gasteiger partial charge in [0.05, 0.1) is 4.88 Å². The first kappa shape index (κ1) is 8.47. The van der Waals surface area contributed by atoms with Crippen molar-refractivity contribution in [3.63, 3.8) is 0 Å². The Morgan fingerprint density at radius 3 is 2.82 bits per heavy atom. The number of aryl methyl sites for hydroxylation is 1. The van der Waals surface area contributed by atoms with Crippen LogP contribution in [0.5, 0.6) is 0 Å². The minimum atomic E-state index is 0.283. The quantitative estimate of drug-likeness (QED) is 0.634. The van der Waals surface area contributed by atoms with Crippen LogP contribution in [0.3, 0.4) is 0 Å². The number of hydrogen-bond donors (Lipinski definition) is 0.